The highest BCUT2D eigenvalue weighted by Crippen LogP contribution is 2.28. The van der Waals surface area contributed by atoms with Crippen molar-refractivity contribution in [3.63, 3.8) is 0 Å². The molecule has 0 aliphatic carbocycles. The highest BCUT2D eigenvalue weighted by atomic mass is 16.5. The van der Waals surface area contributed by atoms with Gasteiger partial charge in [-0.15, -0.1) is 0 Å². The molecule has 0 spiro atoms. The fraction of sp³-hybridized carbons (Fsp3) is 0.375. The van der Waals surface area contributed by atoms with E-state index in [1.165, 1.54) is 16.3 Å². The summed E-state index contributed by atoms with van der Waals surface area (Å²) in [6.07, 6.45) is 1.03. The summed E-state index contributed by atoms with van der Waals surface area (Å²) in [4.78, 5) is 2.31. The number of hydrogen-bond acceptors (Lipinski definition) is 3. The predicted octanol–water partition coefficient (Wildman–Crippen LogP) is 2.63. The molecule has 0 atom stereocenters. The van der Waals surface area contributed by atoms with Crippen molar-refractivity contribution in [2.45, 2.75) is 13.0 Å². The van der Waals surface area contributed by atoms with Crippen molar-refractivity contribution in [3.8, 4) is 5.75 Å². The summed E-state index contributed by atoms with van der Waals surface area (Å²) in [6.45, 7) is 2.70. The van der Waals surface area contributed by atoms with E-state index in [0.717, 1.165) is 31.8 Å². The Morgan fingerprint density at radius 1 is 1.11 bits per heavy atom. The van der Waals surface area contributed by atoms with E-state index in [0.29, 0.717) is 0 Å². The Hall–Kier alpha value is -1.58. The Bertz CT molecular complexity index is 539. The molecule has 2 aromatic rings. The molecule has 0 aliphatic heterocycles. The molecule has 0 aromatic heterocycles. The second-order valence-corrected chi connectivity index (χ2v) is 4.85. The zero-order chi connectivity index (χ0) is 13.7. The van der Waals surface area contributed by atoms with Gasteiger partial charge in [0.05, 0.1) is 7.11 Å². The summed E-state index contributed by atoms with van der Waals surface area (Å²) < 4.78 is 5.42. The van der Waals surface area contributed by atoms with Gasteiger partial charge in [0, 0.05) is 11.9 Å². The molecule has 3 heteroatoms. The van der Waals surface area contributed by atoms with Crippen LogP contribution in [0, 0.1) is 0 Å². The number of hydrogen-bond donors (Lipinski definition) is 1. The van der Waals surface area contributed by atoms with Gasteiger partial charge in [-0.2, -0.15) is 0 Å². The van der Waals surface area contributed by atoms with E-state index in [-0.39, 0.29) is 0 Å². The number of ether oxygens (including phenoxy) is 1. The second kappa shape index (κ2) is 6.55. The first kappa shape index (κ1) is 13.8. The van der Waals surface area contributed by atoms with E-state index in [1.54, 1.807) is 7.11 Å². The van der Waals surface area contributed by atoms with Gasteiger partial charge in [0.2, 0.25) is 0 Å². The maximum absolute atomic E-state index is 5.56. The molecule has 19 heavy (non-hydrogen) atoms. The van der Waals surface area contributed by atoms with E-state index in [4.69, 9.17) is 10.5 Å². The lowest BCUT2D eigenvalue weighted by atomic mass is 10.0. The number of nitrogens with zero attached hydrogens (tertiary/aromatic N) is 1. The standard InChI is InChI=1S/C16H22N2O/c1-18(11-5-10-17)12-13-8-9-16(19-2)15-7-4-3-6-14(13)15/h3-4,6-9H,5,10-12,17H2,1-2H3. The molecule has 0 unspecified atom stereocenters. The van der Waals surface area contributed by atoms with Crippen LogP contribution in [-0.4, -0.2) is 32.1 Å². The highest BCUT2D eigenvalue weighted by Gasteiger charge is 2.07. The van der Waals surface area contributed by atoms with E-state index in [1.807, 2.05) is 6.07 Å². The molecule has 0 saturated carbocycles. The van der Waals surface area contributed by atoms with E-state index < -0.39 is 0 Å². The molecule has 2 N–H and O–H groups in total. The molecule has 0 saturated heterocycles. The monoisotopic (exact) mass is 258 g/mol. The fourth-order valence-electron chi connectivity index (χ4n) is 2.38. The molecule has 2 rings (SSSR count). The van der Waals surface area contributed by atoms with Crippen molar-refractivity contribution < 1.29 is 4.74 Å². The smallest absolute Gasteiger partial charge is 0.126 e. The van der Waals surface area contributed by atoms with Crippen molar-refractivity contribution in [1.29, 1.82) is 0 Å². The summed E-state index contributed by atoms with van der Waals surface area (Å²) in [5.41, 5.74) is 6.88. The Balaban J connectivity index is 2.29. The molecular formula is C16H22N2O. The number of rotatable bonds is 6. The van der Waals surface area contributed by atoms with Crippen molar-refractivity contribution in [2.24, 2.45) is 5.73 Å². The largest absolute Gasteiger partial charge is 0.496 e. The van der Waals surface area contributed by atoms with Gasteiger partial charge in [0.25, 0.3) is 0 Å². The van der Waals surface area contributed by atoms with E-state index in [2.05, 4.69) is 42.3 Å². The lowest BCUT2D eigenvalue weighted by Gasteiger charge is -2.18. The third kappa shape index (κ3) is 3.25. The van der Waals surface area contributed by atoms with Crippen LogP contribution < -0.4 is 10.5 Å². The van der Waals surface area contributed by atoms with Crippen LogP contribution in [-0.2, 0) is 6.54 Å². The van der Waals surface area contributed by atoms with Crippen LogP contribution in [0.5, 0.6) is 5.75 Å². The van der Waals surface area contributed by atoms with Crippen molar-refractivity contribution in [1.82, 2.24) is 4.90 Å². The van der Waals surface area contributed by atoms with Crippen LogP contribution in [0.1, 0.15) is 12.0 Å². The number of methoxy groups -OCH3 is 1. The Kier molecular flexibility index (Phi) is 4.77. The van der Waals surface area contributed by atoms with Crippen LogP contribution in [0.15, 0.2) is 36.4 Å². The van der Waals surface area contributed by atoms with Crippen LogP contribution in [0.3, 0.4) is 0 Å². The maximum atomic E-state index is 5.56. The fourth-order valence-corrected chi connectivity index (χ4v) is 2.38. The number of benzene rings is 2. The van der Waals surface area contributed by atoms with Gasteiger partial charge in [-0.05, 0) is 43.6 Å². The molecule has 0 aliphatic rings. The quantitative estimate of drug-likeness (QED) is 0.865. The van der Waals surface area contributed by atoms with Crippen LogP contribution >= 0.6 is 0 Å². The summed E-state index contributed by atoms with van der Waals surface area (Å²) >= 11 is 0. The molecule has 102 valence electrons. The molecule has 3 nitrogen and oxygen atoms in total. The second-order valence-electron chi connectivity index (χ2n) is 4.85. The van der Waals surface area contributed by atoms with Crippen LogP contribution in [0.25, 0.3) is 10.8 Å². The normalized spacial score (nSPS) is 11.2. The third-order valence-electron chi connectivity index (χ3n) is 3.38. The Morgan fingerprint density at radius 3 is 2.53 bits per heavy atom. The van der Waals surface area contributed by atoms with E-state index >= 15 is 0 Å². The maximum Gasteiger partial charge on any atom is 0.126 e. The van der Waals surface area contributed by atoms with Gasteiger partial charge < -0.3 is 15.4 Å². The van der Waals surface area contributed by atoms with Gasteiger partial charge >= 0.3 is 0 Å². The summed E-state index contributed by atoms with van der Waals surface area (Å²) in [5.74, 6) is 0.934. The third-order valence-corrected chi connectivity index (χ3v) is 3.38. The van der Waals surface area contributed by atoms with Gasteiger partial charge in [-0.1, -0.05) is 30.3 Å². The zero-order valence-corrected chi connectivity index (χ0v) is 11.7. The molecule has 0 fully saturated rings. The molecule has 2 aromatic carbocycles. The van der Waals surface area contributed by atoms with Gasteiger partial charge in [-0.3, -0.25) is 0 Å². The minimum absolute atomic E-state index is 0.744. The Labute approximate surface area is 115 Å². The SMILES string of the molecule is COc1ccc(CN(C)CCCN)c2ccccc12. The predicted molar refractivity (Wildman–Crippen MR) is 80.5 cm³/mol. The minimum Gasteiger partial charge on any atom is -0.496 e. The highest BCUT2D eigenvalue weighted by molar-refractivity contribution is 5.91. The average Bonchev–Trinajstić information content (AvgIpc) is 2.45. The zero-order valence-electron chi connectivity index (χ0n) is 11.7. The van der Waals surface area contributed by atoms with Gasteiger partial charge in [0.15, 0.2) is 0 Å². The van der Waals surface area contributed by atoms with Crippen LogP contribution in [0.2, 0.25) is 0 Å². The van der Waals surface area contributed by atoms with Crippen LogP contribution in [0.4, 0.5) is 0 Å². The van der Waals surface area contributed by atoms with Gasteiger partial charge in [0.1, 0.15) is 5.75 Å². The van der Waals surface area contributed by atoms with Crippen molar-refractivity contribution in [3.05, 3.63) is 42.0 Å². The molecule has 0 amide bonds. The van der Waals surface area contributed by atoms with Crippen molar-refractivity contribution in [2.75, 3.05) is 27.2 Å². The average molecular weight is 258 g/mol. The Morgan fingerprint density at radius 2 is 1.84 bits per heavy atom. The first-order chi connectivity index (χ1) is 9.26. The molecular weight excluding hydrogens is 236 g/mol. The summed E-state index contributed by atoms with van der Waals surface area (Å²) in [7, 11) is 3.85. The van der Waals surface area contributed by atoms with Crippen molar-refractivity contribution >= 4 is 10.8 Å². The lowest BCUT2D eigenvalue weighted by Crippen LogP contribution is -2.21. The first-order valence-corrected chi connectivity index (χ1v) is 6.69. The molecule has 0 radical (unpaired) electrons. The number of nitrogens with two attached hydrogens (primary N) is 1. The molecule has 0 bridgehead atoms. The minimum atomic E-state index is 0.744. The number of fused-ring (bicyclic) bond motifs is 1. The summed E-state index contributed by atoms with van der Waals surface area (Å²) in [6, 6.07) is 12.6. The topological polar surface area (TPSA) is 38.5 Å². The molecule has 0 heterocycles. The summed E-state index contributed by atoms with van der Waals surface area (Å²) in [5, 5.41) is 2.44. The van der Waals surface area contributed by atoms with E-state index in [9.17, 15) is 0 Å². The van der Waals surface area contributed by atoms with Gasteiger partial charge in [-0.25, -0.2) is 0 Å². The lowest BCUT2D eigenvalue weighted by molar-refractivity contribution is 0.325. The first-order valence-electron chi connectivity index (χ1n) is 6.69.